The van der Waals surface area contributed by atoms with Crippen LogP contribution >= 0.6 is 34.8 Å². The molecule has 1 fully saturated rings. The second-order valence-corrected chi connectivity index (χ2v) is 5.97. The van der Waals surface area contributed by atoms with Crippen molar-refractivity contribution in [3.63, 3.8) is 0 Å². The van der Waals surface area contributed by atoms with Crippen LogP contribution in [0.1, 0.15) is 16.8 Å². The molecule has 1 aromatic rings. The zero-order valence-electron chi connectivity index (χ0n) is 11.1. The standard InChI is InChI=1S/C14H17Cl3N2O/c15-5-8-18-6-2-7-19(10-9-18)14(20)13-11(16)3-1-4-12(13)17/h1,3-4H,2,5-10H2. The molecular formula is C14H17Cl3N2O. The van der Waals surface area contributed by atoms with E-state index in [9.17, 15) is 4.79 Å². The van der Waals surface area contributed by atoms with Crippen LogP contribution in [0.4, 0.5) is 0 Å². The predicted molar refractivity (Wildman–Crippen MR) is 84.1 cm³/mol. The van der Waals surface area contributed by atoms with Crippen molar-refractivity contribution in [2.75, 3.05) is 38.6 Å². The van der Waals surface area contributed by atoms with Crippen LogP contribution in [0.25, 0.3) is 0 Å². The van der Waals surface area contributed by atoms with E-state index in [0.717, 1.165) is 32.6 Å². The van der Waals surface area contributed by atoms with Gasteiger partial charge in [-0.05, 0) is 25.1 Å². The van der Waals surface area contributed by atoms with E-state index in [2.05, 4.69) is 4.90 Å². The molecule has 1 aromatic carbocycles. The van der Waals surface area contributed by atoms with Gasteiger partial charge in [0.25, 0.3) is 5.91 Å². The minimum absolute atomic E-state index is 0.0895. The van der Waals surface area contributed by atoms with Crippen molar-refractivity contribution in [3.05, 3.63) is 33.8 Å². The van der Waals surface area contributed by atoms with Crippen LogP contribution in [-0.2, 0) is 0 Å². The van der Waals surface area contributed by atoms with Gasteiger partial charge < -0.3 is 9.80 Å². The van der Waals surface area contributed by atoms with E-state index in [4.69, 9.17) is 34.8 Å². The lowest BCUT2D eigenvalue weighted by molar-refractivity contribution is 0.0762. The Morgan fingerprint density at radius 2 is 1.80 bits per heavy atom. The third kappa shape index (κ3) is 3.79. The Labute approximate surface area is 134 Å². The van der Waals surface area contributed by atoms with Crippen LogP contribution in [0.15, 0.2) is 18.2 Å². The molecule has 1 amide bonds. The lowest BCUT2D eigenvalue weighted by atomic mass is 10.2. The van der Waals surface area contributed by atoms with E-state index in [1.165, 1.54) is 0 Å². The van der Waals surface area contributed by atoms with Gasteiger partial charge in [-0.2, -0.15) is 0 Å². The number of benzene rings is 1. The number of nitrogens with zero attached hydrogens (tertiary/aromatic N) is 2. The lowest BCUT2D eigenvalue weighted by Crippen LogP contribution is -2.36. The fraction of sp³-hybridized carbons (Fsp3) is 0.500. The zero-order valence-corrected chi connectivity index (χ0v) is 13.4. The molecule has 3 nitrogen and oxygen atoms in total. The molecule has 0 aliphatic carbocycles. The van der Waals surface area contributed by atoms with Gasteiger partial charge in [-0.25, -0.2) is 0 Å². The van der Waals surface area contributed by atoms with Crippen LogP contribution in [-0.4, -0.2) is 54.3 Å². The van der Waals surface area contributed by atoms with Crippen molar-refractivity contribution in [3.8, 4) is 0 Å². The summed E-state index contributed by atoms with van der Waals surface area (Å²) in [6.45, 7) is 4.06. The number of halogens is 3. The molecule has 1 aliphatic rings. The quantitative estimate of drug-likeness (QED) is 0.791. The van der Waals surface area contributed by atoms with Crippen molar-refractivity contribution in [1.29, 1.82) is 0 Å². The van der Waals surface area contributed by atoms with Crippen LogP contribution in [0, 0.1) is 0 Å². The molecule has 0 aromatic heterocycles. The molecule has 0 N–H and O–H groups in total. The molecule has 0 unspecified atom stereocenters. The Morgan fingerprint density at radius 3 is 2.45 bits per heavy atom. The van der Waals surface area contributed by atoms with Gasteiger partial charge in [-0.1, -0.05) is 29.3 Å². The number of alkyl halides is 1. The van der Waals surface area contributed by atoms with E-state index in [1.54, 1.807) is 18.2 Å². The molecule has 0 atom stereocenters. The Morgan fingerprint density at radius 1 is 1.10 bits per heavy atom. The molecule has 0 bridgehead atoms. The highest BCUT2D eigenvalue weighted by atomic mass is 35.5. The minimum Gasteiger partial charge on any atom is -0.337 e. The maximum atomic E-state index is 12.6. The van der Waals surface area contributed by atoms with Crippen LogP contribution in [0.3, 0.4) is 0 Å². The van der Waals surface area contributed by atoms with Gasteiger partial charge in [-0.15, -0.1) is 11.6 Å². The molecule has 20 heavy (non-hydrogen) atoms. The average Bonchev–Trinajstić information content (AvgIpc) is 2.64. The molecule has 0 saturated carbocycles. The van der Waals surface area contributed by atoms with E-state index >= 15 is 0 Å². The monoisotopic (exact) mass is 334 g/mol. The Hall–Kier alpha value is -0.480. The summed E-state index contributed by atoms with van der Waals surface area (Å²) in [5, 5.41) is 0.814. The number of rotatable bonds is 3. The first-order chi connectivity index (χ1) is 9.63. The van der Waals surface area contributed by atoms with Crippen molar-refractivity contribution in [1.82, 2.24) is 9.80 Å². The van der Waals surface area contributed by atoms with Crippen molar-refractivity contribution < 1.29 is 4.79 Å². The van der Waals surface area contributed by atoms with Crippen molar-refractivity contribution in [2.24, 2.45) is 0 Å². The second kappa shape index (κ2) is 7.51. The molecule has 6 heteroatoms. The first-order valence-corrected chi connectivity index (χ1v) is 7.94. The Kier molecular flexibility index (Phi) is 5.97. The molecule has 110 valence electrons. The second-order valence-electron chi connectivity index (χ2n) is 4.77. The summed E-state index contributed by atoms with van der Waals surface area (Å²) in [5.41, 5.74) is 0.404. The van der Waals surface area contributed by atoms with Gasteiger partial charge in [0.05, 0.1) is 15.6 Å². The number of amides is 1. The topological polar surface area (TPSA) is 23.6 Å². The minimum atomic E-state index is -0.0895. The summed E-state index contributed by atoms with van der Waals surface area (Å²) in [6.07, 6.45) is 0.935. The summed E-state index contributed by atoms with van der Waals surface area (Å²) < 4.78 is 0. The van der Waals surface area contributed by atoms with Gasteiger partial charge in [-0.3, -0.25) is 4.79 Å². The van der Waals surface area contributed by atoms with E-state index in [-0.39, 0.29) is 5.91 Å². The van der Waals surface area contributed by atoms with Crippen LogP contribution in [0.2, 0.25) is 10.0 Å². The zero-order chi connectivity index (χ0) is 14.5. The summed E-state index contributed by atoms with van der Waals surface area (Å²) in [7, 11) is 0. The lowest BCUT2D eigenvalue weighted by Gasteiger charge is -2.22. The highest BCUT2D eigenvalue weighted by Crippen LogP contribution is 2.26. The summed E-state index contributed by atoms with van der Waals surface area (Å²) in [5.74, 6) is 0.526. The maximum absolute atomic E-state index is 12.6. The van der Waals surface area contributed by atoms with Gasteiger partial charge in [0.1, 0.15) is 0 Å². The predicted octanol–water partition coefficient (Wildman–Crippen LogP) is 3.38. The maximum Gasteiger partial charge on any atom is 0.256 e. The summed E-state index contributed by atoms with van der Waals surface area (Å²) in [6, 6.07) is 5.13. The van der Waals surface area contributed by atoms with Gasteiger partial charge in [0.15, 0.2) is 0 Å². The molecule has 0 spiro atoms. The molecule has 1 heterocycles. The van der Waals surface area contributed by atoms with E-state index < -0.39 is 0 Å². The van der Waals surface area contributed by atoms with Crippen molar-refractivity contribution >= 4 is 40.7 Å². The Bertz CT molecular complexity index is 461. The highest BCUT2D eigenvalue weighted by Gasteiger charge is 2.23. The smallest absolute Gasteiger partial charge is 0.256 e. The van der Waals surface area contributed by atoms with Gasteiger partial charge in [0, 0.05) is 32.1 Å². The van der Waals surface area contributed by atoms with E-state index in [1.807, 2.05) is 4.90 Å². The molecule has 1 aliphatic heterocycles. The summed E-state index contributed by atoms with van der Waals surface area (Å²) >= 11 is 18.0. The molecule has 0 radical (unpaired) electrons. The molecular weight excluding hydrogens is 319 g/mol. The van der Waals surface area contributed by atoms with Crippen LogP contribution < -0.4 is 0 Å². The first kappa shape index (κ1) is 15.9. The third-order valence-corrected chi connectivity index (χ3v) is 4.25. The third-order valence-electron chi connectivity index (χ3n) is 3.45. The SMILES string of the molecule is O=C(c1c(Cl)cccc1Cl)N1CCCN(CCCl)CC1. The van der Waals surface area contributed by atoms with Gasteiger partial charge in [0.2, 0.25) is 0 Å². The molecule has 1 saturated heterocycles. The largest absolute Gasteiger partial charge is 0.337 e. The fourth-order valence-corrected chi connectivity index (χ4v) is 3.18. The fourth-order valence-electron chi connectivity index (χ4n) is 2.38. The average molecular weight is 336 g/mol. The number of carbonyl (C=O) groups excluding carboxylic acids is 1. The van der Waals surface area contributed by atoms with Crippen LogP contribution in [0.5, 0.6) is 0 Å². The molecule has 2 rings (SSSR count). The normalized spacial score (nSPS) is 17.1. The number of carbonyl (C=O) groups is 1. The first-order valence-electron chi connectivity index (χ1n) is 6.65. The van der Waals surface area contributed by atoms with Gasteiger partial charge >= 0.3 is 0 Å². The summed E-state index contributed by atoms with van der Waals surface area (Å²) in [4.78, 5) is 16.7. The Balaban J connectivity index is 2.10. The number of hydrogen-bond acceptors (Lipinski definition) is 2. The highest BCUT2D eigenvalue weighted by molar-refractivity contribution is 6.39. The number of hydrogen-bond donors (Lipinski definition) is 0. The van der Waals surface area contributed by atoms with E-state index in [0.29, 0.717) is 28.0 Å². The van der Waals surface area contributed by atoms with Crippen molar-refractivity contribution in [2.45, 2.75) is 6.42 Å².